The number of nitrogens with one attached hydrogen (secondary N) is 1. The number of hydrogen-bond acceptors (Lipinski definition) is 5. The smallest absolute Gasteiger partial charge is 0.255 e. The molecule has 0 spiro atoms. The third kappa shape index (κ3) is 6.11. The second kappa shape index (κ2) is 11.5. The molecule has 0 saturated heterocycles. The molecule has 154 valence electrons. The molecule has 0 aliphatic heterocycles. The summed E-state index contributed by atoms with van der Waals surface area (Å²) in [4.78, 5) is 12.5. The maximum atomic E-state index is 12.5. The molecule has 1 amide bonds. The lowest BCUT2D eigenvalue weighted by Crippen LogP contribution is -2.26. The monoisotopic (exact) mass is 428 g/mol. The van der Waals surface area contributed by atoms with Crippen molar-refractivity contribution in [3.8, 4) is 17.2 Å². The zero-order valence-corrected chi connectivity index (χ0v) is 17.8. The summed E-state index contributed by atoms with van der Waals surface area (Å²) in [7, 11) is 1.48. The Kier molecular flexibility index (Phi) is 9.76. The largest absolute Gasteiger partial charge is 0.496 e. The van der Waals surface area contributed by atoms with Crippen molar-refractivity contribution in [2.45, 2.75) is 20.3 Å². The highest BCUT2D eigenvalue weighted by Gasteiger charge is 2.15. The Morgan fingerprint density at radius 3 is 2.39 bits per heavy atom. The molecule has 8 heteroatoms. The number of rotatable bonds is 9. The van der Waals surface area contributed by atoms with Crippen LogP contribution in [0.2, 0.25) is 5.02 Å². The standard InChI is InChI=1S/C20H25ClN2O4.ClH/c1-4-26-17-7-6-13(10-19(17)27-5-2)8-9-23-20(24)14-11-15(21)16(22)12-18(14)25-3;/h6-7,10-12H,4-5,8-9,22H2,1-3H3,(H,23,24);1H. The highest BCUT2D eigenvalue weighted by Crippen LogP contribution is 2.30. The van der Waals surface area contributed by atoms with E-state index in [9.17, 15) is 4.79 Å². The van der Waals surface area contributed by atoms with Gasteiger partial charge in [0.25, 0.3) is 5.91 Å². The maximum Gasteiger partial charge on any atom is 0.255 e. The Hall–Kier alpha value is -2.31. The number of anilines is 1. The van der Waals surface area contributed by atoms with E-state index < -0.39 is 0 Å². The van der Waals surface area contributed by atoms with Crippen molar-refractivity contribution in [2.24, 2.45) is 0 Å². The summed E-state index contributed by atoms with van der Waals surface area (Å²) in [6.45, 7) is 5.42. The molecule has 2 rings (SSSR count). The van der Waals surface area contributed by atoms with Crippen LogP contribution in [0.1, 0.15) is 29.8 Å². The molecule has 0 aliphatic rings. The van der Waals surface area contributed by atoms with Gasteiger partial charge in [-0.05, 0) is 44.0 Å². The number of halogens is 2. The molecular weight excluding hydrogens is 403 g/mol. The average Bonchev–Trinajstić information content (AvgIpc) is 2.65. The molecule has 28 heavy (non-hydrogen) atoms. The molecule has 0 heterocycles. The van der Waals surface area contributed by atoms with Crippen LogP contribution in [-0.4, -0.2) is 32.8 Å². The Labute approximate surface area is 176 Å². The molecule has 0 atom stereocenters. The lowest BCUT2D eigenvalue weighted by Gasteiger charge is -2.13. The van der Waals surface area contributed by atoms with E-state index in [-0.39, 0.29) is 18.3 Å². The quantitative estimate of drug-likeness (QED) is 0.586. The van der Waals surface area contributed by atoms with Gasteiger partial charge in [0.05, 0.1) is 36.6 Å². The summed E-state index contributed by atoms with van der Waals surface area (Å²) in [6, 6.07) is 8.82. The first-order chi connectivity index (χ1) is 13.0. The van der Waals surface area contributed by atoms with Crippen molar-refractivity contribution in [1.82, 2.24) is 5.32 Å². The number of benzene rings is 2. The van der Waals surface area contributed by atoms with Gasteiger partial charge in [0.1, 0.15) is 5.75 Å². The maximum absolute atomic E-state index is 12.5. The van der Waals surface area contributed by atoms with Gasteiger partial charge >= 0.3 is 0 Å². The van der Waals surface area contributed by atoms with E-state index >= 15 is 0 Å². The Morgan fingerprint density at radius 1 is 1.07 bits per heavy atom. The number of carbonyl (C=O) groups excluding carboxylic acids is 1. The molecule has 2 aromatic carbocycles. The van der Waals surface area contributed by atoms with Crippen LogP contribution in [0.25, 0.3) is 0 Å². The molecule has 0 saturated carbocycles. The minimum Gasteiger partial charge on any atom is -0.496 e. The number of nitrogen functional groups attached to an aromatic ring is 1. The molecule has 3 N–H and O–H groups in total. The van der Waals surface area contributed by atoms with Gasteiger partial charge in [-0.2, -0.15) is 0 Å². The van der Waals surface area contributed by atoms with Crippen LogP contribution in [0.5, 0.6) is 17.2 Å². The summed E-state index contributed by atoms with van der Waals surface area (Å²) in [5.41, 5.74) is 7.49. The van der Waals surface area contributed by atoms with Crippen LogP contribution >= 0.6 is 24.0 Å². The zero-order chi connectivity index (χ0) is 19.8. The molecule has 0 fully saturated rings. The fourth-order valence-electron chi connectivity index (χ4n) is 2.58. The highest BCUT2D eigenvalue weighted by atomic mass is 35.5. The van der Waals surface area contributed by atoms with Crippen molar-refractivity contribution >= 4 is 35.6 Å². The number of hydrogen-bond donors (Lipinski definition) is 2. The number of ether oxygens (including phenoxy) is 3. The fourth-order valence-corrected chi connectivity index (χ4v) is 2.75. The Bertz CT molecular complexity index is 800. The third-order valence-corrected chi connectivity index (χ3v) is 4.20. The van der Waals surface area contributed by atoms with E-state index in [1.54, 1.807) is 0 Å². The van der Waals surface area contributed by atoms with Crippen LogP contribution < -0.4 is 25.3 Å². The first-order valence-corrected chi connectivity index (χ1v) is 9.17. The number of carbonyl (C=O) groups is 1. The number of methoxy groups -OCH3 is 1. The average molecular weight is 429 g/mol. The predicted molar refractivity (Wildman–Crippen MR) is 114 cm³/mol. The van der Waals surface area contributed by atoms with Gasteiger partial charge in [0, 0.05) is 12.6 Å². The molecule has 0 bridgehead atoms. The van der Waals surface area contributed by atoms with E-state index in [4.69, 9.17) is 31.5 Å². The second-order valence-electron chi connectivity index (χ2n) is 5.73. The van der Waals surface area contributed by atoms with Crippen LogP contribution in [0.3, 0.4) is 0 Å². The van der Waals surface area contributed by atoms with Gasteiger partial charge < -0.3 is 25.3 Å². The van der Waals surface area contributed by atoms with Crippen LogP contribution in [0.15, 0.2) is 30.3 Å². The van der Waals surface area contributed by atoms with E-state index in [1.165, 1.54) is 19.2 Å². The molecule has 0 aromatic heterocycles. The van der Waals surface area contributed by atoms with Gasteiger partial charge in [-0.3, -0.25) is 4.79 Å². The summed E-state index contributed by atoms with van der Waals surface area (Å²) in [5, 5.41) is 3.18. The van der Waals surface area contributed by atoms with E-state index in [1.807, 2.05) is 32.0 Å². The molecule has 0 unspecified atom stereocenters. The summed E-state index contributed by atoms with van der Waals surface area (Å²) in [5.74, 6) is 1.53. The van der Waals surface area contributed by atoms with Gasteiger partial charge in [-0.25, -0.2) is 0 Å². The second-order valence-corrected chi connectivity index (χ2v) is 6.13. The highest BCUT2D eigenvalue weighted by molar-refractivity contribution is 6.33. The molecule has 0 radical (unpaired) electrons. The van der Waals surface area contributed by atoms with Crippen molar-refractivity contribution in [3.05, 3.63) is 46.5 Å². The lowest BCUT2D eigenvalue weighted by atomic mass is 10.1. The predicted octanol–water partition coefficient (Wildman–Crippen LogP) is 4.12. The van der Waals surface area contributed by atoms with Gasteiger partial charge in [-0.1, -0.05) is 17.7 Å². The van der Waals surface area contributed by atoms with Gasteiger partial charge in [0.15, 0.2) is 11.5 Å². The Balaban J connectivity index is 0.00000392. The first kappa shape index (κ1) is 23.7. The molecule has 0 aliphatic carbocycles. The van der Waals surface area contributed by atoms with Crippen molar-refractivity contribution < 1.29 is 19.0 Å². The topological polar surface area (TPSA) is 82.8 Å². The van der Waals surface area contributed by atoms with Crippen molar-refractivity contribution in [3.63, 3.8) is 0 Å². The van der Waals surface area contributed by atoms with Crippen LogP contribution in [-0.2, 0) is 6.42 Å². The molecule has 2 aromatic rings. The van der Waals surface area contributed by atoms with Crippen LogP contribution in [0.4, 0.5) is 5.69 Å². The number of amides is 1. The van der Waals surface area contributed by atoms with Crippen molar-refractivity contribution in [2.75, 3.05) is 32.6 Å². The van der Waals surface area contributed by atoms with Crippen LogP contribution in [0, 0.1) is 0 Å². The molecular formula is C20H26Cl2N2O4. The lowest BCUT2D eigenvalue weighted by molar-refractivity contribution is 0.0951. The summed E-state index contributed by atoms with van der Waals surface area (Å²) >= 11 is 6.02. The van der Waals surface area contributed by atoms with Gasteiger partial charge in [-0.15, -0.1) is 12.4 Å². The minimum atomic E-state index is -0.273. The van der Waals surface area contributed by atoms with E-state index in [2.05, 4.69) is 5.32 Å². The van der Waals surface area contributed by atoms with E-state index in [0.29, 0.717) is 59.7 Å². The fraction of sp³-hybridized carbons (Fsp3) is 0.350. The normalized spacial score (nSPS) is 10.0. The Morgan fingerprint density at radius 2 is 1.75 bits per heavy atom. The van der Waals surface area contributed by atoms with Crippen molar-refractivity contribution in [1.29, 1.82) is 0 Å². The van der Waals surface area contributed by atoms with E-state index in [0.717, 1.165) is 5.56 Å². The molecule has 6 nitrogen and oxygen atoms in total. The minimum absolute atomic E-state index is 0. The zero-order valence-electron chi connectivity index (χ0n) is 16.2. The van der Waals surface area contributed by atoms with Gasteiger partial charge in [0.2, 0.25) is 0 Å². The first-order valence-electron chi connectivity index (χ1n) is 8.79. The summed E-state index contributed by atoms with van der Waals surface area (Å²) < 4.78 is 16.4. The third-order valence-electron chi connectivity index (χ3n) is 3.87. The SMILES string of the molecule is CCOc1ccc(CCNC(=O)c2cc(Cl)c(N)cc2OC)cc1OCC.Cl. The summed E-state index contributed by atoms with van der Waals surface area (Å²) in [6.07, 6.45) is 0.642. The number of nitrogens with two attached hydrogens (primary N) is 1.